The molecule has 4 unspecified atom stereocenters. The summed E-state index contributed by atoms with van der Waals surface area (Å²) < 4.78 is 0. The molecular formula is C20H29N7O10. The SMILES string of the molecule is NC(=O)CCC(NC(=O)C(CCC(=O)O)NC(=O)C(N)Cc1cnc[nH]1)C(=O)NC(CC(=O)O)C(=O)O. The van der Waals surface area contributed by atoms with Crippen LogP contribution in [0.4, 0.5) is 0 Å². The number of nitrogens with zero attached hydrogens (tertiary/aromatic N) is 1. The second-order valence-corrected chi connectivity index (χ2v) is 7.94. The molecule has 1 heterocycles. The highest BCUT2D eigenvalue weighted by Crippen LogP contribution is 2.05. The fraction of sp³-hybridized carbons (Fsp3) is 0.500. The number of nitrogens with one attached hydrogen (secondary N) is 4. The highest BCUT2D eigenvalue weighted by Gasteiger charge is 2.31. The Morgan fingerprint density at radius 3 is 1.84 bits per heavy atom. The van der Waals surface area contributed by atoms with Gasteiger partial charge in [0, 0.05) is 31.2 Å². The number of carbonyl (C=O) groups excluding carboxylic acids is 4. The number of hydrogen-bond acceptors (Lipinski definition) is 9. The molecule has 1 aromatic rings. The van der Waals surface area contributed by atoms with Crippen LogP contribution in [0.25, 0.3) is 0 Å². The Labute approximate surface area is 209 Å². The van der Waals surface area contributed by atoms with Crippen LogP contribution in [0.2, 0.25) is 0 Å². The largest absolute Gasteiger partial charge is 0.481 e. The first-order valence-corrected chi connectivity index (χ1v) is 10.9. The number of carboxylic acid groups (broad SMARTS) is 3. The lowest BCUT2D eigenvalue weighted by molar-refractivity contribution is -0.147. The quantitative estimate of drug-likeness (QED) is 0.0950. The van der Waals surface area contributed by atoms with Gasteiger partial charge in [-0.05, 0) is 12.8 Å². The number of carboxylic acids is 3. The molecule has 1 aromatic heterocycles. The molecule has 37 heavy (non-hydrogen) atoms. The molecular weight excluding hydrogens is 498 g/mol. The highest BCUT2D eigenvalue weighted by molar-refractivity contribution is 5.95. The van der Waals surface area contributed by atoms with Crippen LogP contribution >= 0.6 is 0 Å². The van der Waals surface area contributed by atoms with Crippen molar-refractivity contribution in [2.45, 2.75) is 62.7 Å². The van der Waals surface area contributed by atoms with Crippen LogP contribution in [0.15, 0.2) is 12.5 Å². The van der Waals surface area contributed by atoms with Gasteiger partial charge in [-0.2, -0.15) is 0 Å². The molecule has 0 radical (unpaired) electrons. The Bertz CT molecular complexity index is 998. The summed E-state index contributed by atoms with van der Waals surface area (Å²) in [5.41, 5.74) is 11.4. The third kappa shape index (κ3) is 11.6. The predicted octanol–water partition coefficient (Wildman–Crippen LogP) is -3.58. The zero-order chi connectivity index (χ0) is 28.1. The molecule has 17 heteroatoms. The minimum absolute atomic E-state index is 0.0168. The van der Waals surface area contributed by atoms with E-state index in [9.17, 15) is 33.6 Å². The van der Waals surface area contributed by atoms with Gasteiger partial charge in [-0.15, -0.1) is 0 Å². The van der Waals surface area contributed by atoms with E-state index in [0.29, 0.717) is 5.69 Å². The van der Waals surface area contributed by atoms with E-state index in [1.807, 2.05) is 5.32 Å². The summed E-state index contributed by atoms with van der Waals surface area (Å²) >= 11 is 0. The number of rotatable bonds is 17. The predicted molar refractivity (Wildman–Crippen MR) is 121 cm³/mol. The minimum Gasteiger partial charge on any atom is -0.481 e. The van der Waals surface area contributed by atoms with Crippen LogP contribution in [0.3, 0.4) is 0 Å². The van der Waals surface area contributed by atoms with Crippen LogP contribution in [0.5, 0.6) is 0 Å². The molecule has 0 aliphatic carbocycles. The van der Waals surface area contributed by atoms with Crippen LogP contribution in [-0.2, 0) is 40.0 Å². The second-order valence-electron chi connectivity index (χ2n) is 7.94. The molecule has 11 N–H and O–H groups in total. The first kappa shape index (κ1) is 30.5. The molecule has 0 spiro atoms. The lowest BCUT2D eigenvalue weighted by Gasteiger charge is -2.24. The van der Waals surface area contributed by atoms with Gasteiger partial charge >= 0.3 is 17.9 Å². The first-order valence-electron chi connectivity index (χ1n) is 10.9. The maximum Gasteiger partial charge on any atom is 0.326 e. The van der Waals surface area contributed by atoms with Gasteiger partial charge in [0.25, 0.3) is 0 Å². The van der Waals surface area contributed by atoms with Crippen molar-refractivity contribution in [3.05, 3.63) is 18.2 Å². The summed E-state index contributed by atoms with van der Waals surface area (Å²) in [6.45, 7) is 0. The number of imidazole rings is 1. The van der Waals surface area contributed by atoms with Gasteiger partial charge in [0.15, 0.2) is 0 Å². The molecule has 0 saturated heterocycles. The average Bonchev–Trinajstić information content (AvgIpc) is 3.30. The molecule has 4 atom stereocenters. The van der Waals surface area contributed by atoms with E-state index in [2.05, 4.69) is 20.6 Å². The molecule has 1 rings (SSSR count). The van der Waals surface area contributed by atoms with Gasteiger partial charge in [-0.1, -0.05) is 0 Å². The van der Waals surface area contributed by atoms with E-state index in [0.717, 1.165) is 0 Å². The van der Waals surface area contributed by atoms with Gasteiger partial charge < -0.3 is 47.7 Å². The minimum atomic E-state index is -1.85. The number of amides is 4. The van der Waals surface area contributed by atoms with Crippen molar-refractivity contribution in [2.24, 2.45) is 11.5 Å². The normalized spacial score (nSPS) is 13.9. The molecule has 0 fully saturated rings. The summed E-state index contributed by atoms with van der Waals surface area (Å²) in [4.78, 5) is 89.0. The van der Waals surface area contributed by atoms with E-state index in [1.165, 1.54) is 12.5 Å². The number of primary amides is 1. The van der Waals surface area contributed by atoms with Crippen molar-refractivity contribution in [1.29, 1.82) is 0 Å². The Balaban J connectivity index is 3.02. The summed E-state index contributed by atoms with van der Waals surface area (Å²) in [7, 11) is 0. The zero-order valence-corrected chi connectivity index (χ0v) is 19.5. The zero-order valence-electron chi connectivity index (χ0n) is 19.5. The summed E-state index contributed by atoms with van der Waals surface area (Å²) in [6.07, 6.45) is 0.0776. The summed E-state index contributed by atoms with van der Waals surface area (Å²) in [5.74, 6) is -8.30. The number of H-pyrrole nitrogens is 1. The van der Waals surface area contributed by atoms with Gasteiger partial charge in [-0.25, -0.2) is 9.78 Å². The molecule has 0 aliphatic rings. The van der Waals surface area contributed by atoms with E-state index >= 15 is 0 Å². The van der Waals surface area contributed by atoms with Crippen molar-refractivity contribution in [3.8, 4) is 0 Å². The standard InChI is InChI=1S/C20H29N7O10/c21-10(5-9-7-23-8-24-9)17(33)25-12(2-4-15(29)30)18(34)26-11(1-3-14(22)28)19(35)27-13(20(36)37)6-16(31)32/h7-8,10-13H,1-6,21H2,(H2,22,28)(H,23,24)(H,25,33)(H,26,34)(H,27,35)(H,29,30)(H,31,32)(H,36,37). The maximum absolute atomic E-state index is 12.9. The number of aliphatic carboxylic acids is 3. The van der Waals surface area contributed by atoms with Crippen molar-refractivity contribution < 1.29 is 48.9 Å². The van der Waals surface area contributed by atoms with E-state index in [4.69, 9.17) is 26.8 Å². The lowest BCUT2D eigenvalue weighted by atomic mass is 10.1. The first-order chi connectivity index (χ1) is 17.3. The Hall–Kier alpha value is -4.54. The van der Waals surface area contributed by atoms with Gasteiger partial charge in [0.05, 0.1) is 18.8 Å². The topological polar surface area (TPSA) is 297 Å². The maximum atomic E-state index is 12.9. The number of hydrogen-bond donors (Lipinski definition) is 9. The van der Waals surface area contributed by atoms with Crippen LogP contribution in [-0.4, -0.2) is 91.0 Å². The molecule has 17 nitrogen and oxygen atoms in total. The number of aromatic nitrogens is 2. The lowest BCUT2D eigenvalue weighted by Crippen LogP contribution is -2.57. The van der Waals surface area contributed by atoms with E-state index in [-0.39, 0.29) is 6.42 Å². The number of aromatic amines is 1. The van der Waals surface area contributed by atoms with E-state index < -0.39 is 97.8 Å². The third-order valence-electron chi connectivity index (χ3n) is 4.92. The van der Waals surface area contributed by atoms with Crippen molar-refractivity contribution in [1.82, 2.24) is 25.9 Å². The monoisotopic (exact) mass is 527 g/mol. The number of carbonyl (C=O) groups is 7. The Morgan fingerprint density at radius 2 is 1.38 bits per heavy atom. The third-order valence-corrected chi connectivity index (χ3v) is 4.92. The van der Waals surface area contributed by atoms with Crippen LogP contribution < -0.4 is 27.4 Å². The average molecular weight is 527 g/mol. The molecule has 0 aromatic carbocycles. The second kappa shape index (κ2) is 14.8. The number of nitrogens with two attached hydrogens (primary N) is 2. The fourth-order valence-corrected chi connectivity index (χ4v) is 3.02. The van der Waals surface area contributed by atoms with Crippen molar-refractivity contribution in [3.63, 3.8) is 0 Å². The van der Waals surface area contributed by atoms with Gasteiger partial charge in [0.1, 0.15) is 18.1 Å². The Morgan fingerprint density at radius 1 is 0.838 bits per heavy atom. The fourth-order valence-electron chi connectivity index (χ4n) is 3.02. The molecule has 204 valence electrons. The van der Waals surface area contributed by atoms with Gasteiger partial charge in [-0.3, -0.25) is 28.8 Å². The summed E-state index contributed by atoms with van der Waals surface area (Å²) in [6, 6.07) is -6.05. The molecule has 4 amide bonds. The highest BCUT2D eigenvalue weighted by atomic mass is 16.4. The van der Waals surface area contributed by atoms with Crippen LogP contribution in [0.1, 0.15) is 37.8 Å². The summed E-state index contributed by atoms with van der Waals surface area (Å²) in [5, 5.41) is 33.5. The molecule has 0 bridgehead atoms. The van der Waals surface area contributed by atoms with Gasteiger partial charge in [0.2, 0.25) is 23.6 Å². The van der Waals surface area contributed by atoms with E-state index in [1.54, 1.807) is 0 Å². The van der Waals surface area contributed by atoms with Crippen molar-refractivity contribution >= 4 is 41.5 Å². The molecule has 0 saturated carbocycles. The Kier molecular flexibility index (Phi) is 12.2. The molecule has 0 aliphatic heterocycles. The van der Waals surface area contributed by atoms with Crippen molar-refractivity contribution in [2.75, 3.05) is 0 Å². The van der Waals surface area contributed by atoms with Crippen LogP contribution in [0, 0.1) is 0 Å². The smallest absolute Gasteiger partial charge is 0.326 e.